The van der Waals surface area contributed by atoms with E-state index in [9.17, 15) is 18.4 Å². The molecule has 8 heteroatoms. The predicted octanol–water partition coefficient (Wildman–Crippen LogP) is 1.84. The van der Waals surface area contributed by atoms with E-state index >= 15 is 0 Å². The summed E-state index contributed by atoms with van der Waals surface area (Å²) in [5.74, 6) is -4.53. The van der Waals surface area contributed by atoms with E-state index in [1.165, 1.54) is 23.9 Å². The Bertz CT molecular complexity index is 733. The van der Waals surface area contributed by atoms with Crippen LogP contribution in [0.2, 0.25) is 0 Å². The highest BCUT2D eigenvalue weighted by Crippen LogP contribution is 2.36. The van der Waals surface area contributed by atoms with Gasteiger partial charge in [0.2, 0.25) is 5.91 Å². The number of rotatable bonds is 1. The molecule has 1 N–H and O–H groups in total. The molecule has 114 valence electrons. The van der Waals surface area contributed by atoms with Crippen LogP contribution in [0.15, 0.2) is 28.2 Å². The van der Waals surface area contributed by atoms with Crippen molar-refractivity contribution in [2.75, 3.05) is 6.26 Å². The third kappa shape index (κ3) is 2.43. The van der Waals surface area contributed by atoms with Crippen LogP contribution in [0.4, 0.5) is 8.78 Å². The molecule has 2 heterocycles. The standard InChI is InChI=1S/C14H11F2N3O2S/c1-22-14-18-12-10(13(21)19-14)7(5-9(20)17-12)6-3-2-4-8(15)11(6)16/h2-4,7,10H,5H2,1H3,(H,17,18,19,20,21). The number of nitrogens with zero attached hydrogens (tertiary/aromatic N) is 2. The lowest BCUT2D eigenvalue weighted by Crippen LogP contribution is -2.49. The van der Waals surface area contributed by atoms with Gasteiger partial charge in [-0.15, -0.1) is 0 Å². The average Bonchev–Trinajstić information content (AvgIpc) is 2.48. The normalized spacial score (nSPS) is 24.3. The first kappa shape index (κ1) is 14.8. The van der Waals surface area contributed by atoms with Crippen LogP contribution in [0, 0.1) is 17.6 Å². The highest BCUT2D eigenvalue weighted by Gasteiger charge is 2.43. The van der Waals surface area contributed by atoms with Crippen LogP contribution in [-0.2, 0) is 9.59 Å². The van der Waals surface area contributed by atoms with Crippen molar-refractivity contribution < 1.29 is 18.4 Å². The van der Waals surface area contributed by atoms with Crippen molar-refractivity contribution in [3.8, 4) is 0 Å². The SMILES string of the molecule is CSC1=NC(=O)C2C(=N1)NC(=O)CC2c1cccc(F)c1F. The monoisotopic (exact) mass is 323 g/mol. The van der Waals surface area contributed by atoms with Gasteiger partial charge in [-0.1, -0.05) is 23.9 Å². The molecule has 0 radical (unpaired) electrons. The van der Waals surface area contributed by atoms with Crippen LogP contribution in [0.3, 0.4) is 0 Å². The van der Waals surface area contributed by atoms with E-state index in [0.29, 0.717) is 0 Å². The van der Waals surface area contributed by atoms with Gasteiger partial charge in [0, 0.05) is 12.3 Å². The van der Waals surface area contributed by atoms with Gasteiger partial charge in [0.05, 0.1) is 0 Å². The fourth-order valence-electron chi connectivity index (χ4n) is 2.65. The summed E-state index contributed by atoms with van der Waals surface area (Å²) in [6.07, 6.45) is 1.57. The summed E-state index contributed by atoms with van der Waals surface area (Å²) < 4.78 is 27.5. The van der Waals surface area contributed by atoms with Crippen molar-refractivity contribution in [2.24, 2.45) is 15.9 Å². The quantitative estimate of drug-likeness (QED) is 0.857. The molecular formula is C14H11F2N3O2S. The molecule has 1 saturated heterocycles. The zero-order chi connectivity index (χ0) is 15.9. The summed E-state index contributed by atoms with van der Waals surface area (Å²) in [5.41, 5.74) is -0.0105. The summed E-state index contributed by atoms with van der Waals surface area (Å²) >= 11 is 1.17. The van der Waals surface area contributed by atoms with Gasteiger partial charge in [-0.2, -0.15) is 4.99 Å². The number of amides is 2. The highest BCUT2D eigenvalue weighted by molar-refractivity contribution is 8.13. The Morgan fingerprint density at radius 3 is 2.77 bits per heavy atom. The molecule has 22 heavy (non-hydrogen) atoms. The van der Waals surface area contributed by atoms with E-state index in [0.717, 1.165) is 6.07 Å². The van der Waals surface area contributed by atoms with Gasteiger partial charge in [-0.05, 0) is 17.9 Å². The average molecular weight is 323 g/mol. The van der Waals surface area contributed by atoms with Crippen molar-refractivity contribution in [1.82, 2.24) is 5.32 Å². The number of hydrogen-bond acceptors (Lipinski definition) is 4. The molecule has 2 unspecified atom stereocenters. The summed E-state index contributed by atoms with van der Waals surface area (Å²) in [4.78, 5) is 32.0. The first-order valence-electron chi connectivity index (χ1n) is 6.50. The maximum atomic E-state index is 14.0. The van der Waals surface area contributed by atoms with Crippen molar-refractivity contribution >= 4 is 34.6 Å². The zero-order valence-corrected chi connectivity index (χ0v) is 12.3. The zero-order valence-electron chi connectivity index (χ0n) is 11.5. The molecule has 0 aromatic heterocycles. The van der Waals surface area contributed by atoms with E-state index in [1.807, 2.05) is 0 Å². The molecule has 2 amide bonds. The van der Waals surface area contributed by atoms with Crippen LogP contribution < -0.4 is 5.32 Å². The molecular weight excluding hydrogens is 312 g/mol. The number of amidine groups is 2. The second kappa shape index (κ2) is 5.60. The fourth-order valence-corrected chi connectivity index (χ4v) is 3.02. The Kier molecular flexibility index (Phi) is 3.78. The van der Waals surface area contributed by atoms with Gasteiger partial charge in [-0.25, -0.2) is 13.8 Å². The predicted molar refractivity (Wildman–Crippen MR) is 78.7 cm³/mol. The van der Waals surface area contributed by atoms with Gasteiger partial charge in [0.25, 0.3) is 5.91 Å². The fraction of sp³-hybridized carbons (Fsp3) is 0.286. The third-order valence-electron chi connectivity index (χ3n) is 3.62. The maximum absolute atomic E-state index is 14.0. The van der Waals surface area contributed by atoms with Crippen molar-refractivity contribution in [3.05, 3.63) is 35.4 Å². The number of piperidine rings is 1. The number of hydrogen-bond donors (Lipinski definition) is 1. The summed E-state index contributed by atoms with van der Waals surface area (Å²) in [6, 6.07) is 3.71. The molecule has 5 nitrogen and oxygen atoms in total. The van der Waals surface area contributed by atoms with E-state index in [4.69, 9.17) is 0 Å². The van der Waals surface area contributed by atoms with Gasteiger partial charge < -0.3 is 5.32 Å². The number of nitrogens with one attached hydrogen (secondary N) is 1. The van der Waals surface area contributed by atoms with Crippen molar-refractivity contribution in [3.63, 3.8) is 0 Å². The van der Waals surface area contributed by atoms with Crippen LogP contribution in [-0.4, -0.2) is 29.1 Å². The van der Waals surface area contributed by atoms with Crippen LogP contribution in [0.5, 0.6) is 0 Å². The molecule has 0 saturated carbocycles. The molecule has 2 aliphatic rings. The smallest absolute Gasteiger partial charge is 0.259 e. The van der Waals surface area contributed by atoms with Crippen molar-refractivity contribution in [1.29, 1.82) is 0 Å². The molecule has 3 rings (SSSR count). The summed E-state index contributed by atoms with van der Waals surface area (Å²) in [5, 5.41) is 2.76. The number of carbonyl (C=O) groups is 2. The van der Waals surface area contributed by atoms with E-state index in [2.05, 4.69) is 15.3 Å². The summed E-state index contributed by atoms with van der Waals surface area (Å²) in [7, 11) is 0. The molecule has 2 atom stereocenters. The second-order valence-corrected chi connectivity index (χ2v) is 5.69. The van der Waals surface area contributed by atoms with Crippen LogP contribution in [0.25, 0.3) is 0 Å². The topological polar surface area (TPSA) is 70.9 Å². The lowest BCUT2D eigenvalue weighted by atomic mass is 9.79. The lowest BCUT2D eigenvalue weighted by molar-refractivity contribution is -0.124. The number of aliphatic imine (C=N–C) groups is 2. The van der Waals surface area contributed by atoms with Gasteiger partial charge in [-0.3, -0.25) is 9.59 Å². The Hall–Kier alpha value is -2.09. The Morgan fingerprint density at radius 1 is 1.27 bits per heavy atom. The molecule has 0 spiro atoms. The van der Waals surface area contributed by atoms with E-state index < -0.39 is 29.4 Å². The third-order valence-corrected chi connectivity index (χ3v) is 4.17. The molecule has 1 aromatic carbocycles. The van der Waals surface area contributed by atoms with Crippen LogP contribution in [0.1, 0.15) is 17.9 Å². The highest BCUT2D eigenvalue weighted by atomic mass is 32.2. The first-order chi connectivity index (χ1) is 10.5. The molecule has 1 fully saturated rings. The minimum Gasteiger partial charge on any atom is -0.313 e. The lowest BCUT2D eigenvalue weighted by Gasteiger charge is -2.32. The van der Waals surface area contributed by atoms with E-state index in [1.54, 1.807) is 6.26 Å². The molecule has 0 aliphatic carbocycles. The van der Waals surface area contributed by atoms with E-state index in [-0.39, 0.29) is 28.9 Å². The molecule has 1 aromatic rings. The number of carbonyl (C=O) groups excluding carboxylic acids is 2. The first-order valence-corrected chi connectivity index (χ1v) is 7.72. The second-order valence-electron chi connectivity index (χ2n) is 4.91. The molecule has 0 bridgehead atoms. The number of halogens is 2. The Labute approximate surface area is 128 Å². The molecule has 2 aliphatic heterocycles. The largest absolute Gasteiger partial charge is 0.313 e. The van der Waals surface area contributed by atoms with Crippen LogP contribution >= 0.6 is 11.8 Å². The number of thioether (sulfide) groups is 1. The van der Waals surface area contributed by atoms with Gasteiger partial charge in [0.15, 0.2) is 16.8 Å². The van der Waals surface area contributed by atoms with Gasteiger partial charge in [0.1, 0.15) is 11.8 Å². The Morgan fingerprint density at radius 2 is 2.05 bits per heavy atom. The minimum absolute atomic E-state index is 0.0105. The minimum atomic E-state index is -1.05. The van der Waals surface area contributed by atoms with Crippen molar-refractivity contribution in [2.45, 2.75) is 12.3 Å². The van der Waals surface area contributed by atoms with Gasteiger partial charge >= 0.3 is 0 Å². The number of benzene rings is 1. The number of fused-ring (bicyclic) bond motifs is 1. The maximum Gasteiger partial charge on any atom is 0.259 e. The summed E-state index contributed by atoms with van der Waals surface area (Å²) in [6.45, 7) is 0. The Balaban J connectivity index is 2.07.